The average Bonchev–Trinajstić information content (AvgIpc) is 3.75. The molecular weight excluding hydrogens is 728 g/mol. The normalized spacial score (nSPS) is 49.1. The first kappa shape index (κ1) is 41.1. The molecule has 0 spiro atoms. The fourth-order valence-corrected chi connectivity index (χ4v) is 15.1. The van der Waals surface area contributed by atoms with Crippen LogP contribution in [-0.4, -0.2) is 92.3 Å². The van der Waals surface area contributed by atoms with Crippen molar-refractivity contribution in [1.82, 2.24) is 0 Å². The molecule has 57 heavy (non-hydrogen) atoms. The molecule has 0 aromatic rings. The second-order valence-corrected chi connectivity index (χ2v) is 20.1. The van der Waals surface area contributed by atoms with Crippen LogP contribution in [0.3, 0.4) is 0 Å². The highest BCUT2D eigenvalue weighted by atomic mass is 16.7. The van der Waals surface area contributed by atoms with E-state index in [9.17, 15) is 44.4 Å². The predicted molar refractivity (Wildman–Crippen MR) is 207 cm³/mol. The number of aliphatic hydroxyl groups is 4. The van der Waals surface area contributed by atoms with Gasteiger partial charge in [-0.1, -0.05) is 58.3 Å². The van der Waals surface area contributed by atoms with Gasteiger partial charge < -0.3 is 29.9 Å². The lowest BCUT2D eigenvalue weighted by atomic mass is 9.46. The SMILES string of the molecule is CCC[C@@H]1O[C@@H]2C[C@H]3[C@@H]4CCC5=CC(=O)C=C[C@]5(C)[C@H]4[C@@H](O)C[C@]3(C)[C@]2(C(=O)CO)O1.C[C@]12CCC(=O)C=C1CC[C@@H]1[C@@H]2C(=O)C[C@@]2(C)[C@H]1CC[C@]2(O)C(=O)CO. The van der Waals surface area contributed by atoms with E-state index in [0.29, 0.717) is 44.9 Å². The number of aliphatic hydroxyl groups excluding tert-OH is 3. The van der Waals surface area contributed by atoms with Gasteiger partial charge in [-0.3, -0.25) is 24.0 Å². The third-order valence-electron chi connectivity index (χ3n) is 17.8. The van der Waals surface area contributed by atoms with Gasteiger partial charge in [0, 0.05) is 40.9 Å². The Morgan fingerprint density at radius 3 is 2.26 bits per heavy atom. The fraction of sp³-hybridized carbons (Fsp3) is 0.761. The van der Waals surface area contributed by atoms with Gasteiger partial charge >= 0.3 is 0 Å². The Balaban J connectivity index is 0.000000162. The van der Waals surface area contributed by atoms with Crippen LogP contribution in [-0.2, 0) is 33.4 Å². The molecule has 8 aliphatic carbocycles. The highest BCUT2D eigenvalue weighted by molar-refractivity contribution is 6.01. The van der Waals surface area contributed by atoms with Crippen LogP contribution in [0.25, 0.3) is 0 Å². The maximum absolute atomic E-state index is 13.3. The number of hydrogen-bond donors (Lipinski definition) is 4. The van der Waals surface area contributed by atoms with Crippen LogP contribution >= 0.6 is 0 Å². The van der Waals surface area contributed by atoms with Gasteiger partial charge in [-0.15, -0.1) is 0 Å². The van der Waals surface area contributed by atoms with Crippen molar-refractivity contribution >= 4 is 28.9 Å². The molecule has 312 valence electrons. The maximum Gasteiger partial charge on any atom is 0.193 e. The molecular formula is C46H62O11. The van der Waals surface area contributed by atoms with Gasteiger partial charge in [0.05, 0.1) is 12.2 Å². The van der Waals surface area contributed by atoms with E-state index in [4.69, 9.17) is 9.47 Å². The summed E-state index contributed by atoms with van der Waals surface area (Å²) in [5.74, 6) is -0.145. The molecule has 0 amide bonds. The van der Waals surface area contributed by atoms with Crippen LogP contribution in [0.1, 0.15) is 118 Å². The average molecular weight is 791 g/mol. The summed E-state index contributed by atoms with van der Waals surface area (Å²) in [5.41, 5.74) is -2.60. The summed E-state index contributed by atoms with van der Waals surface area (Å²) in [6, 6.07) is 0. The van der Waals surface area contributed by atoms with E-state index in [1.54, 1.807) is 18.2 Å². The van der Waals surface area contributed by atoms with Gasteiger partial charge in [0.25, 0.3) is 0 Å². The quantitative estimate of drug-likeness (QED) is 0.292. The molecule has 0 bridgehead atoms. The minimum Gasteiger partial charge on any atom is -0.393 e. The maximum atomic E-state index is 13.3. The summed E-state index contributed by atoms with van der Waals surface area (Å²) in [5, 5.41) is 41.9. The highest BCUT2D eigenvalue weighted by Crippen LogP contribution is 2.70. The van der Waals surface area contributed by atoms with Crippen LogP contribution < -0.4 is 0 Å². The van der Waals surface area contributed by atoms with Gasteiger partial charge in [0.15, 0.2) is 35.0 Å². The molecule has 1 aliphatic heterocycles. The van der Waals surface area contributed by atoms with E-state index < -0.39 is 59.5 Å². The third kappa shape index (κ3) is 5.54. The second-order valence-electron chi connectivity index (χ2n) is 20.1. The summed E-state index contributed by atoms with van der Waals surface area (Å²) in [6.07, 6.45) is 14.1. The third-order valence-corrected chi connectivity index (χ3v) is 17.8. The second kappa shape index (κ2) is 13.9. The Bertz CT molecular complexity index is 1850. The molecule has 7 fully saturated rings. The minimum atomic E-state index is -1.60. The number of carbonyl (C=O) groups excluding carboxylic acids is 5. The Morgan fingerprint density at radius 2 is 1.56 bits per heavy atom. The van der Waals surface area contributed by atoms with Crippen LogP contribution in [0.2, 0.25) is 0 Å². The van der Waals surface area contributed by atoms with Crippen LogP contribution in [0, 0.1) is 57.2 Å². The molecule has 0 unspecified atom stereocenters. The largest absolute Gasteiger partial charge is 0.393 e. The number of Topliss-reactive ketones (excluding diaryl/α,β-unsaturated/α-hetero) is 3. The summed E-state index contributed by atoms with van der Waals surface area (Å²) in [4.78, 5) is 62.7. The number of ketones is 5. The molecule has 0 radical (unpaired) electrons. The molecule has 4 N–H and O–H groups in total. The zero-order valence-electron chi connectivity index (χ0n) is 34.3. The number of hydrogen-bond acceptors (Lipinski definition) is 11. The summed E-state index contributed by atoms with van der Waals surface area (Å²) >= 11 is 0. The van der Waals surface area contributed by atoms with Crippen LogP contribution in [0.15, 0.2) is 35.5 Å². The van der Waals surface area contributed by atoms with Gasteiger partial charge in [0.1, 0.15) is 24.6 Å². The van der Waals surface area contributed by atoms with Crippen molar-refractivity contribution in [3.8, 4) is 0 Å². The van der Waals surface area contributed by atoms with E-state index in [2.05, 4.69) is 27.7 Å². The fourth-order valence-electron chi connectivity index (χ4n) is 15.1. The molecule has 15 atom stereocenters. The molecule has 9 rings (SSSR count). The van der Waals surface area contributed by atoms with Gasteiger partial charge in [-0.2, -0.15) is 0 Å². The molecule has 11 nitrogen and oxygen atoms in total. The standard InChI is InChI=1S/C25H34O6.C21H28O5/c1-4-5-21-30-20-11-17-16-7-6-14-10-15(27)8-9-23(14,2)22(16)18(28)12-24(17,3)25(20,31-21)19(29)13-26;1-19-7-5-13(23)9-12(19)3-4-14-15-6-8-21(26,17(25)11-22)20(15,2)10-16(24)18(14)19/h8-10,16-18,20-22,26,28H,4-7,11-13H2,1-3H3;9,14-15,18,22,26H,3-8,10-11H2,1-2H3/t16-,17-,18-,20+,21+,22+,23-,24-,25+;14-,15-,18+,19-,20-,21-/m00/s1. The number of allylic oxidation sites excluding steroid dienone is 5. The van der Waals surface area contributed by atoms with Crippen molar-refractivity contribution < 1.29 is 53.9 Å². The van der Waals surface area contributed by atoms with Crippen molar-refractivity contribution in [2.45, 2.75) is 148 Å². The highest BCUT2D eigenvalue weighted by Gasteiger charge is 2.76. The zero-order chi connectivity index (χ0) is 41.1. The van der Waals surface area contributed by atoms with Crippen molar-refractivity contribution in [1.29, 1.82) is 0 Å². The Morgan fingerprint density at radius 1 is 0.860 bits per heavy atom. The van der Waals surface area contributed by atoms with Crippen molar-refractivity contribution in [3.63, 3.8) is 0 Å². The van der Waals surface area contributed by atoms with E-state index in [-0.39, 0.29) is 75.9 Å². The molecule has 9 aliphatic rings. The van der Waals surface area contributed by atoms with E-state index in [1.807, 2.05) is 13.0 Å². The van der Waals surface area contributed by atoms with Gasteiger partial charge in [-0.05, 0) is 112 Å². The number of fused-ring (bicyclic) bond motifs is 12. The first-order valence-corrected chi connectivity index (χ1v) is 21.6. The van der Waals surface area contributed by atoms with Crippen LogP contribution in [0.5, 0.6) is 0 Å². The lowest BCUT2D eigenvalue weighted by Gasteiger charge is -2.59. The lowest BCUT2D eigenvalue weighted by molar-refractivity contribution is -0.200. The molecule has 1 heterocycles. The molecule has 0 aromatic heterocycles. The predicted octanol–water partition coefficient (Wildman–Crippen LogP) is 4.71. The summed E-state index contributed by atoms with van der Waals surface area (Å²) in [6.45, 7) is 8.98. The van der Waals surface area contributed by atoms with Crippen LogP contribution in [0.4, 0.5) is 0 Å². The van der Waals surface area contributed by atoms with Gasteiger partial charge in [0.2, 0.25) is 0 Å². The minimum absolute atomic E-state index is 0.0125. The monoisotopic (exact) mass is 790 g/mol. The lowest BCUT2D eigenvalue weighted by Crippen LogP contribution is -2.63. The Hall–Kier alpha value is -2.67. The molecule has 6 saturated carbocycles. The summed E-state index contributed by atoms with van der Waals surface area (Å²) < 4.78 is 12.7. The first-order valence-electron chi connectivity index (χ1n) is 21.6. The summed E-state index contributed by atoms with van der Waals surface area (Å²) in [7, 11) is 0. The Kier molecular flexibility index (Phi) is 10.1. The van der Waals surface area contributed by atoms with Crippen molar-refractivity contribution in [3.05, 3.63) is 35.5 Å². The Labute approximate surface area is 335 Å². The molecule has 0 aromatic carbocycles. The van der Waals surface area contributed by atoms with E-state index >= 15 is 0 Å². The smallest absolute Gasteiger partial charge is 0.193 e. The van der Waals surface area contributed by atoms with Crippen molar-refractivity contribution in [2.24, 2.45) is 57.2 Å². The van der Waals surface area contributed by atoms with Crippen molar-refractivity contribution in [2.75, 3.05) is 13.2 Å². The number of rotatable bonds is 6. The molecule has 1 saturated heterocycles. The topological polar surface area (TPSA) is 185 Å². The molecule has 11 heteroatoms. The van der Waals surface area contributed by atoms with E-state index in [0.717, 1.165) is 43.3 Å². The van der Waals surface area contributed by atoms with E-state index in [1.165, 1.54) is 0 Å². The zero-order valence-corrected chi connectivity index (χ0v) is 34.3. The van der Waals surface area contributed by atoms with Gasteiger partial charge in [-0.25, -0.2) is 0 Å². The first-order chi connectivity index (χ1) is 26.9. The number of ether oxygens (including phenoxy) is 2. The number of carbonyl (C=O) groups is 5.